The third-order valence-electron chi connectivity index (χ3n) is 2.77. The lowest BCUT2D eigenvalue weighted by Gasteiger charge is -2.18. The van der Waals surface area contributed by atoms with Gasteiger partial charge in [0.1, 0.15) is 5.01 Å². The summed E-state index contributed by atoms with van der Waals surface area (Å²) in [7, 11) is 0. The molecule has 2 unspecified atom stereocenters. The number of aliphatic hydroxyl groups excluding tert-OH is 1. The van der Waals surface area contributed by atoms with E-state index in [1.807, 2.05) is 18.7 Å². The lowest BCUT2D eigenvalue weighted by Crippen LogP contribution is -2.03. The number of thioether (sulfide) groups is 1. The van der Waals surface area contributed by atoms with E-state index < -0.39 is 0 Å². The van der Waals surface area contributed by atoms with Crippen molar-refractivity contribution in [2.75, 3.05) is 12.4 Å². The quantitative estimate of drug-likeness (QED) is 0.885. The smallest absolute Gasteiger partial charge is 0.106 e. The first kappa shape index (κ1) is 11.4. The standard InChI is InChI=1S/C11H17NOS2/c1-8(6-13)9-7-15-11(12-9)10-4-2-3-5-14-10/h7-8,10,13H,2-6H2,1H3. The molecule has 1 aliphatic heterocycles. The summed E-state index contributed by atoms with van der Waals surface area (Å²) in [6, 6.07) is 0. The Hall–Kier alpha value is -0.0600. The van der Waals surface area contributed by atoms with Crippen LogP contribution in [-0.2, 0) is 0 Å². The highest BCUT2D eigenvalue weighted by atomic mass is 32.2. The summed E-state index contributed by atoms with van der Waals surface area (Å²) in [4.78, 5) is 4.64. The monoisotopic (exact) mass is 243 g/mol. The van der Waals surface area contributed by atoms with Crippen LogP contribution in [0.2, 0.25) is 0 Å². The molecule has 2 heterocycles. The van der Waals surface area contributed by atoms with E-state index in [1.54, 1.807) is 11.3 Å². The largest absolute Gasteiger partial charge is 0.396 e. The molecule has 1 fully saturated rings. The first-order valence-corrected chi connectivity index (χ1v) is 7.42. The van der Waals surface area contributed by atoms with Gasteiger partial charge in [0, 0.05) is 11.3 Å². The van der Waals surface area contributed by atoms with Gasteiger partial charge < -0.3 is 5.11 Å². The van der Waals surface area contributed by atoms with Gasteiger partial charge in [-0.25, -0.2) is 4.98 Å². The minimum atomic E-state index is 0.184. The average molecular weight is 243 g/mol. The molecule has 0 aliphatic carbocycles. The Kier molecular flexibility index (Phi) is 4.05. The predicted octanol–water partition coefficient (Wildman–Crippen LogP) is 3.20. The molecule has 2 rings (SSSR count). The van der Waals surface area contributed by atoms with Gasteiger partial charge in [0.05, 0.1) is 17.6 Å². The number of hydrogen-bond acceptors (Lipinski definition) is 4. The maximum atomic E-state index is 9.07. The number of thiazole rings is 1. The van der Waals surface area contributed by atoms with Crippen LogP contribution in [-0.4, -0.2) is 22.5 Å². The molecule has 4 heteroatoms. The zero-order valence-corrected chi connectivity index (χ0v) is 10.6. The van der Waals surface area contributed by atoms with Crippen LogP contribution in [0.3, 0.4) is 0 Å². The lowest BCUT2D eigenvalue weighted by atomic mass is 10.1. The normalized spacial score (nSPS) is 24.0. The second kappa shape index (κ2) is 5.32. The second-order valence-electron chi connectivity index (χ2n) is 4.05. The number of aromatic nitrogens is 1. The van der Waals surface area contributed by atoms with Gasteiger partial charge in [0.25, 0.3) is 0 Å². The van der Waals surface area contributed by atoms with Crippen LogP contribution in [0.4, 0.5) is 0 Å². The molecule has 84 valence electrons. The number of nitrogens with zero attached hydrogens (tertiary/aromatic N) is 1. The van der Waals surface area contributed by atoms with Crippen molar-refractivity contribution in [2.24, 2.45) is 0 Å². The summed E-state index contributed by atoms with van der Waals surface area (Å²) in [6.45, 7) is 2.22. The van der Waals surface area contributed by atoms with Crippen LogP contribution in [0.5, 0.6) is 0 Å². The van der Waals surface area contributed by atoms with Crippen molar-refractivity contribution in [1.82, 2.24) is 4.98 Å². The van der Waals surface area contributed by atoms with Crippen molar-refractivity contribution in [3.8, 4) is 0 Å². The summed E-state index contributed by atoms with van der Waals surface area (Å²) in [5.41, 5.74) is 1.06. The van der Waals surface area contributed by atoms with E-state index in [2.05, 4.69) is 10.4 Å². The summed E-state index contributed by atoms with van der Waals surface area (Å²) >= 11 is 3.79. The molecule has 0 radical (unpaired) electrons. The van der Waals surface area contributed by atoms with Gasteiger partial charge in [0.2, 0.25) is 0 Å². The number of rotatable bonds is 3. The third-order valence-corrected chi connectivity index (χ3v) is 5.29. The van der Waals surface area contributed by atoms with Crippen molar-refractivity contribution in [1.29, 1.82) is 0 Å². The molecule has 2 atom stereocenters. The maximum Gasteiger partial charge on any atom is 0.106 e. The van der Waals surface area contributed by atoms with Gasteiger partial charge >= 0.3 is 0 Å². The van der Waals surface area contributed by atoms with Crippen molar-refractivity contribution in [3.05, 3.63) is 16.1 Å². The molecule has 0 amide bonds. The Morgan fingerprint density at radius 1 is 1.60 bits per heavy atom. The molecule has 1 aliphatic rings. The molecule has 0 aromatic carbocycles. The molecule has 1 aromatic heterocycles. The summed E-state index contributed by atoms with van der Waals surface area (Å²) < 4.78 is 0. The molecule has 0 bridgehead atoms. The van der Waals surface area contributed by atoms with E-state index in [9.17, 15) is 0 Å². The fraction of sp³-hybridized carbons (Fsp3) is 0.727. The Bertz CT molecular complexity index is 307. The van der Waals surface area contributed by atoms with Gasteiger partial charge in [-0.15, -0.1) is 11.3 Å². The van der Waals surface area contributed by atoms with Crippen LogP contribution < -0.4 is 0 Å². The van der Waals surface area contributed by atoms with Crippen LogP contribution in [0.1, 0.15) is 48.1 Å². The minimum absolute atomic E-state index is 0.184. The average Bonchev–Trinajstić information content (AvgIpc) is 2.78. The molecular weight excluding hydrogens is 226 g/mol. The van der Waals surface area contributed by atoms with E-state index in [0.717, 1.165) is 5.69 Å². The van der Waals surface area contributed by atoms with E-state index in [0.29, 0.717) is 5.25 Å². The highest BCUT2D eigenvalue weighted by molar-refractivity contribution is 7.99. The number of aliphatic hydroxyl groups is 1. The van der Waals surface area contributed by atoms with Crippen molar-refractivity contribution >= 4 is 23.1 Å². The zero-order valence-electron chi connectivity index (χ0n) is 8.98. The van der Waals surface area contributed by atoms with Gasteiger partial charge in [-0.05, 0) is 18.6 Å². The van der Waals surface area contributed by atoms with Crippen molar-refractivity contribution < 1.29 is 5.11 Å². The van der Waals surface area contributed by atoms with Gasteiger partial charge in [-0.1, -0.05) is 13.3 Å². The van der Waals surface area contributed by atoms with Crippen LogP contribution >= 0.6 is 23.1 Å². The fourth-order valence-corrected chi connectivity index (χ4v) is 4.21. The number of hydrogen-bond donors (Lipinski definition) is 1. The fourth-order valence-electron chi connectivity index (χ4n) is 1.70. The van der Waals surface area contributed by atoms with Crippen molar-refractivity contribution in [2.45, 2.75) is 37.4 Å². The lowest BCUT2D eigenvalue weighted by molar-refractivity contribution is 0.271. The van der Waals surface area contributed by atoms with E-state index >= 15 is 0 Å². The van der Waals surface area contributed by atoms with Crippen LogP contribution in [0, 0.1) is 0 Å². The SMILES string of the molecule is CC(CO)c1csc(C2CCCCS2)n1. The summed E-state index contributed by atoms with van der Waals surface area (Å²) in [5, 5.41) is 13.0. The van der Waals surface area contributed by atoms with Gasteiger partial charge in [-0.3, -0.25) is 0 Å². The van der Waals surface area contributed by atoms with E-state index in [4.69, 9.17) is 5.11 Å². The molecule has 15 heavy (non-hydrogen) atoms. The van der Waals surface area contributed by atoms with E-state index in [-0.39, 0.29) is 12.5 Å². The summed E-state index contributed by atoms with van der Waals surface area (Å²) in [6.07, 6.45) is 3.96. The Morgan fingerprint density at radius 2 is 2.47 bits per heavy atom. The topological polar surface area (TPSA) is 33.1 Å². The van der Waals surface area contributed by atoms with Gasteiger partial charge in [-0.2, -0.15) is 11.8 Å². The molecule has 1 N–H and O–H groups in total. The molecule has 0 spiro atoms. The Morgan fingerprint density at radius 3 is 3.13 bits per heavy atom. The van der Waals surface area contributed by atoms with Crippen LogP contribution in [0.25, 0.3) is 0 Å². The Labute approximate surface area is 99.1 Å². The molecule has 1 aromatic rings. The molecule has 1 saturated heterocycles. The highest BCUT2D eigenvalue weighted by Gasteiger charge is 2.20. The van der Waals surface area contributed by atoms with Gasteiger partial charge in [0.15, 0.2) is 0 Å². The zero-order chi connectivity index (χ0) is 10.7. The van der Waals surface area contributed by atoms with E-state index in [1.165, 1.54) is 30.0 Å². The second-order valence-corrected chi connectivity index (χ2v) is 6.25. The first-order valence-electron chi connectivity index (χ1n) is 5.49. The van der Waals surface area contributed by atoms with Crippen LogP contribution in [0.15, 0.2) is 5.38 Å². The highest BCUT2D eigenvalue weighted by Crippen LogP contribution is 2.39. The predicted molar refractivity (Wildman–Crippen MR) is 66.7 cm³/mol. The first-order chi connectivity index (χ1) is 7.31. The third kappa shape index (κ3) is 2.74. The molecule has 2 nitrogen and oxygen atoms in total. The molecular formula is C11H17NOS2. The molecule has 0 saturated carbocycles. The minimum Gasteiger partial charge on any atom is -0.396 e. The summed E-state index contributed by atoms with van der Waals surface area (Å²) in [5.74, 6) is 1.46. The Balaban J connectivity index is 2.05. The van der Waals surface area contributed by atoms with Crippen molar-refractivity contribution in [3.63, 3.8) is 0 Å². The maximum absolute atomic E-state index is 9.07.